The summed E-state index contributed by atoms with van der Waals surface area (Å²) in [5.41, 5.74) is 2.87. The number of ketones is 1. The summed E-state index contributed by atoms with van der Waals surface area (Å²) in [6.07, 6.45) is 3.44. The molecule has 0 atom stereocenters. The van der Waals surface area contributed by atoms with E-state index >= 15 is 0 Å². The van der Waals surface area contributed by atoms with Gasteiger partial charge in [0.15, 0.2) is 0 Å². The third-order valence-electron chi connectivity index (χ3n) is 3.39. The zero-order valence-electron chi connectivity index (χ0n) is 9.72. The number of fused-ring (bicyclic) bond motifs is 2. The Morgan fingerprint density at radius 1 is 0.947 bits per heavy atom. The summed E-state index contributed by atoms with van der Waals surface area (Å²) in [6.45, 7) is 0. The molecule has 1 aliphatic carbocycles. The number of nitrogens with zero attached hydrogens (tertiary/aromatic N) is 2. The number of carbonyl (C=O) groups excluding carboxylic acids is 1. The minimum absolute atomic E-state index is 0.0337. The van der Waals surface area contributed by atoms with E-state index in [1.807, 2.05) is 30.3 Å². The van der Waals surface area contributed by atoms with E-state index in [4.69, 9.17) is 0 Å². The molecule has 4 heteroatoms. The van der Waals surface area contributed by atoms with Crippen molar-refractivity contribution < 1.29 is 4.79 Å². The molecule has 0 saturated carbocycles. The summed E-state index contributed by atoms with van der Waals surface area (Å²) < 4.78 is 0.877. The van der Waals surface area contributed by atoms with E-state index < -0.39 is 0 Å². The third kappa shape index (κ3) is 1.35. The van der Waals surface area contributed by atoms with Gasteiger partial charge in [0, 0.05) is 38.8 Å². The number of pyridine rings is 2. The highest BCUT2D eigenvalue weighted by molar-refractivity contribution is 9.10. The average molecular weight is 311 g/mol. The molecule has 0 saturated heterocycles. The van der Waals surface area contributed by atoms with Crippen LogP contribution in [0.1, 0.15) is 16.1 Å². The molecule has 2 aromatic heterocycles. The number of aromatic nitrogens is 2. The van der Waals surface area contributed by atoms with Crippen molar-refractivity contribution in [3.63, 3.8) is 0 Å². The molecule has 0 radical (unpaired) electrons. The van der Waals surface area contributed by atoms with Crippen molar-refractivity contribution in [1.29, 1.82) is 0 Å². The largest absolute Gasteiger partial charge is 0.287 e. The van der Waals surface area contributed by atoms with Crippen molar-refractivity contribution in [2.45, 2.75) is 0 Å². The van der Waals surface area contributed by atoms with Crippen LogP contribution in [-0.2, 0) is 0 Å². The van der Waals surface area contributed by atoms with E-state index in [2.05, 4.69) is 25.9 Å². The highest BCUT2D eigenvalue weighted by Crippen LogP contribution is 2.38. The van der Waals surface area contributed by atoms with Crippen LogP contribution in [0.5, 0.6) is 0 Å². The molecule has 2 heterocycles. The highest BCUT2D eigenvalue weighted by atomic mass is 79.9. The van der Waals surface area contributed by atoms with Gasteiger partial charge < -0.3 is 0 Å². The van der Waals surface area contributed by atoms with Crippen LogP contribution in [0.4, 0.5) is 0 Å². The number of carbonyl (C=O) groups is 1. The first-order chi connectivity index (χ1) is 9.27. The average Bonchev–Trinajstić information content (AvgIpc) is 2.46. The quantitative estimate of drug-likeness (QED) is 0.498. The normalized spacial score (nSPS) is 12.6. The number of benzene rings is 1. The van der Waals surface area contributed by atoms with Crippen molar-refractivity contribution in [3.8, 4) is 11.3 Å². The Kier molecular flexibility index (Phi) is 2.11. The van der Waals surface area contributed by atoms with Gasteiger partial charge >= 0.3 is 0 Å². The maximum atomic E-state index is 12.5. The Morgan fingerprint density at radius 2 is 1.74 bits per heavy atom. The standard InChI is InChI=1S/C15H7BrN2O/c16-11-7-18-13-8-3-1-2-4-9(8)15(19)14-12(13)10(11)5-6-17-14/h1-7H. The van der Waals surface area contributed by atoms with E-state index in [1.54, 1.807) is 12.4 Å². The molecule has 3 aromatic rings. The maximum absolute atomic E-state index is 12.5. The van der Waals surface area contributed by atoms with Crippen molar-refractivity contribution in [1.82, 2.24) is 9.97 Å². The summed E-state index contributed by atoms with van der Waals surface area (Å²) in [7, 11) is 0. The molecule has 0 unspecified atom stereocenters. The Hall–Kier alpha value is -2.07. The van der Waals surface area contributed by atoms with Gasteiger partial charge in [-0.15, -0.1) is 0 Å². The molecule has 4 rings (SSSR count). The summed E-state index contributed by atoms with van der Waals surface area (Å²) in [6, 6.07) is 9.43. The second kappa shape index (κ2) is 3.71. The zero-order valence-corrected chi connectivity index (χ0v) is 11.3. The molecule has 90 valence electrons. The molecule has 0 fully saturated rings. The molecule has 1 aliphatic rings. The van der Waals surface area contributed by atoms with E-state index in [0.717, 1.165) is 26.5 Å². The van der Waals surface area contributed by atoms with Gasteiger partial charge in [0.25, 0.3) is 0 Å². The lowest BCUT2D eigenvalue weighted by atomic mass is 9.89. The summed E-state index contributed by atoms with van der Waals surface area (Å²) in [5.74, 6) is -0.0337. The smallest absolute Gasteiger partial charge is 0.212 e. The molecule has 0 spiro atoms. The summed E-state index contributed by atoms with van der Waals surface area (Å²) >= 11 is 3.48. The van der Waals surface area contributed by atoms with E-state index in [0.29, 0.717) is 11.3 Å². The fourth-order valence-electron chi connectivity index (χ4n) is 2.55. The van der Waals surface area contributed by atoms with Crippen molar-refractivity contribution in [3.05, 3.63) is 58.5 Å². The predicted octanol–water partition coefficient (Wildman–Crippen LogP) is 3.60. The number of hydrogen-bond acceptors (Lipinski definition) is 3. The molecule has 0 N–H and O–H groups in total. The molecule has 1 aromatic carbocycles. The maximum Gasteiger partial charge on any atom is 0.212 e. The molecule has 0 amide bonds. The van der Waals surface area contributed by atoms with Gasteiger partial charge in [0.05, 0.1) is 5.69 Å². The van der Waals surface area contributed by atoms with Gasteiger partial charge in [-0.3, -0.25) is 14.8 Å². The number of halogens is 1. The lowest BCUT2D eigenvalue weighted by molar-refractivity contribution is 0.103. The van der Waals surface area contributed by atoms with Crippen LogP contribution in [0.2, 0.25) is 0 Å². The molecular weight excluding hydrogens is 304 g/mol. The van der Waals surface area contributed by atoms with Gasteiger partial charge in [-0.25, -0.2) is 0 Å². The van der Waals surface area contributed by atoms with E-state index in [1.165, 1.54) is 0 Å². The molecule has 3 nitrogen and oxygen atoms in total. The molecule has 19 heavy (non-hydrogen) atoms. The second-order valence-corrected chi connectivity index (χ2v) is 5.27. The molecule has 0 bridgehead atoms. The highest BCUT2D eigenvalue weighted by Gasteiger charge is 2.27. The number of hydrogen-bond donors (Lipinski definition) is 0. The monoisotopic (exact) mass is 310 g/mol. The van der Waals surface area contributed by atoms with E-state index in [9.17, 15) is 4.79 Å². The minimum Gasteiger partial charge on any atom is -0.287 e. The summed E-state index contributed by atoms with van der Waals surface area (Å²) in [5, 5.41) is 1.80. The first-order valence-corrected chi connectivity index (χ1v) is 6.64. The van der Waals surface area contributed by atoms with Crippen LogP contribution >= 0.6 is 15.9 Å². The fourth-order valence-corrected chi connectivity index (χ4v) is 2.98. The molecule has 0 aliphatic heterocycles. The van der Waals surface area contributed by atoms with Gasteiger partial charge in [-0.2, -0.15) is 0 Å². The van der Waals surface area contributed by atoms with Crippen molar-refractivity contribution in [2.75, 3.05) is 0 Å². The lowest BCUT2D eigenvalue weighted by Gasteiger charge is -2.18. The topological polar surface area (TPSA) is 42.9 Å². The van der Waals surface area contributed by atoms with E-state index in [-0.39, 0.29) is 5.78 Å². The summed E-state index contributed by atoms with van der Waals surface area (Å²) in [4.78, 5) is 21.2. The zero-order chi connectivity index (χ0) is 13.0. The van der Waals surface area contributed by atoms with Gasteiger partial charge in [0.1, 0.15) is 5.69 Å². The Labute approximate surface area is 117 Å². The lowest BCUT2D eigenvalue weighted by Crippen LogP contribution is -2.12. The van der Waals surface area contributed by atoms with Gasteiger partial charge in [0.2, 0.25) is 5.78 Å². The second-order valence-electron chi connectivity index (χ2n) is 4.41. The SMILES string of the molecule is O=C1c2ccccc2-c2ncc(Br)c3ccnc1c23. The Morgan fingerprint density at radius 3 is 2.58 bits per heavy atom. The van der Waals surface area contributed by atoms with Crippen molar-refractivity contribution >= 4 is 32.5 Å². The molecular formula is C15H7BrN2O. The minimum atomic E-state index is -0.0337. The van der Waals surface area contributed by atoms with Crippen LogP contribution in [0, 0.1) is 0 Å². The van der Waals surface area contributed by atoms with Crippen LogP contribution in [-0.4, -0.2) is 15.8 Å². The number of rotatable bonds is 0. The van der Waals surface area contributed by atoms with Crippen molar-refractivity contribution in [2.24, 2.45) is 0 Å². The Balaban J connectivity index is 2.28. The van der Waals surface area contributed by atoms with Crippen LogP contribution in [0.15, 0.2) is 47.2 Å². The predicted molar refractivity (Wildman–Crippen MR) is 76.1 cm³/mol. The first kappa shape index (κ1) is 10.8. The van der Waals surface area contributed by atoms with Gasteiger partial charge in [-0.05, 0) is 22.0 Å². The van der Waals surface area contributed by atoms with Gasteiger partial charge in [-0.1, -0.05) is 24.3 Å². The van der Waals surface area contributed by atoms with Crippen LogP contribution in [0.25, 0.3) is 22.0 Å². The third-order valence-corrected chi connectivity index (χ3v) is 4.03. The van der Waals surface area contributed by atoms with Crippen LogP contribution < -0.4 is 0 Å². The fraction of sp³-hybridized carbons (Fsp3) is 0. The Bertz CT molecular complexity index is 858. The van der Waals surface area contributed by atoms with Crippen LogP contribution in [0.3, 0.4) is 0 Å². The first-order valence-electron chi connectivity index (χ1n) is 5.84.